The molecule has 1 aliphatic rings. The van der Waals surface area contributed by atoms with Crippen LogP contribution in [0.3, 0.4) is 0 Å². The third kappa shape index (κ3) is 3.42. The average Bonchev–Trinajstić information content (AvgIpc) is 2.25. The van der Waals surface area contributed by atoms with Gasteiger partial charge in [0.25, 0.3) is 0 Å². The molecule has 2 N–H and O–H groups in total. The Kier molecular flexibility index (Phi) is 4.24. The fraction of sp³-hybridized carbons (Fsp3) is 1.00. The van der Waals surface area contributed by atoms with E-state index < -0.39 is 15.9 Å². The van der Waals surface area contributed by atoms with Crippen molar-refractivity contribution in [2.45, 2.75) is 29.9 Å². The Hall–Kier alpha value is 0.220. The van der Waals surface area contributed by atoms with Gasteiger partial charge in [0.05, 0.1) is 17.6 Å². The number of sulfone groups is 1. The monoisotopic (exact) mass is 240 g/mol. The van der Waals surface area contributed by atoms with Crippen LogP contribution in [0.4, 0.5) is 0 Å². The molecular formula is C8H16O4S2. The molecule has 0 aromatic heterocycles. The van der Waals surface area contributed by atoms with E-state index >= 15 is 0 Å². The first-order valence-electron chi connectivity index (χ1n) is 4.59. The summed E-state index contributed by atoms with van der Waals surface area (Å²) in [5.41, 5.74) is 0. The maximum Gasteiger partial charge on any atom is 0.154 e. The Morgan fingerprint density at radius 1 is 1.50 bits per heavy atom. The van der Waals surface area contributed by atoms with Crippen LogP contribution in [-0.4, -0.2) is 53.3 Å². The fourth-order valence-corrected chi connectivity index (χ4v) is 5.26. The first-order chi connectivity index (χ1) is 6.44. The van der Waals surface area contributed by atoms with Gasteiger partial charge in [-0.2, -0.15) is 11.8 Å². The molecule has 0 spiro atoms. The number of aliphatic hydroxyl groups excluding tert-OH is 2. The van der Waals surface area contributed by atoms with Crippen molar-refractivity contribution in [3.63, 3.8) is 0 Å². The Morgan fingerprint density at radius 2 is 2.14 bits per heavy atom. The predicted molar refractivity (Wildman–Crippen MR) is 57.2 cm³/mol. The van der Waals surface area contributed by atoms with Crippen molar-refractivity contribution in [2.75, 3.05) is 18.1 Å². The molecule has 0 aromatic rings. The molecule has 84 valence electrons. The van der Waals surface area contributed by atoms with Gasteiger partial charge in [0, 0.05) is 17.1 Å². The largest absolute Gasteiger partial charge is 0.396 e. The molecule has 0 aliphatic carbocycles. The molecule has 14 heavy (non-hydrogen) atoms. The highest BCUT2D eigenvalue weighted by Crippen LogP contribution is 2.29. The maximum absolute atomic E-state index is 11.2. The van der Waals surface area contributed by atoms with Gasteiger partial charge >= 0.3 is 0 Å². The third-order valence-corrected chi connectivity index (χ3v) is 5.67. The first kappa shape index (κ1) is 12.3. The smallest absolute Gasteiger partial charge is 0.154 e. The molecule has 0 radical (unpaired) electrons. The van der Waals surface area contributed by atoms with Crippen molar-refractivity contribution in [3.05, 3.63) is 0 Å². The van der Waals surface area contributed by atoms with Gasteiger partial charge < -0.3 is 10.2 Å². The molecule has 0 amide bonds. The van der Waals surface area contributed by atoms with Crippen LogP contribution in [-0.2, 0) is 9.84 Å². The minimum atomic E-state index is -3.04. The summed E-state index contributed by atoms with van der Waals surface area (Å²) in [4.78, 5) is 0. The van der Waals surface area contributed by atoms with E-state index in [1.807, 2.05) is 6.92 Å². The molecule has 1 heterocycles. The van der Waals surface area contributed by atoms with Gasteiger partial charge in [-0.3, -0.25) is 0 Å². The molecule has 3 atom stereocenters. The van der Waals surface area contributed by atoms with Crippen molar-refractivity contribution in [3.8, 4) is 0 Å². The summed E-state index contributed by atoms with van der Waals surface area (Å²) in [6.45, 7) is 2.03. The van der Waals surface area contributed by atoms with Gasteiger partial charge in [0.1, 0.15) is 0 Å². The Morgan fingerprint density at radius 3 is 2.57 bits per heavy atom. The molecule has 0 bridgehead atoms. The van der Waals surface area contributed by atoms with E-state index in [4.69, 9.17) is 5.11 Å². The Labute approximate surface area is 88.6 Å². The van der Waals surface area contributed by atoms with Crippen LogP contribution in [0.5, 0.6) is 0 Å². The highest BCUT2D eigenvalue weighted by Gasteiger charge is 2.37. The zero-order valence-corrected chi connectivity index (χ0v) is 9.72. The molecule has 1 saturated heterocycles. The minimum Gasteiger partial charge on any atom is -0.396 e. The lowest BCUT2D eigenvalue weighted by molar-refractivity contribution is 0.207. The molecule has 0 saturated carbocycles. The molecule has 0 aromatic carbocycles. The number of hydrogen-bond donors (Lipinski definition) is 2. The van der Waals surface area contributed by atoms with Gasteiger partial charge in [0.15, 0.2) is 9.84 Å². The van der Waals surface area contributed by atoms with Crippen LogP contribution in [0.1, 0.15) is 13.3 Å². The number of aliphatic hydroxyl groups is 2. The standard InChI is InChI=1S/C8H16O4S2/c1-6(2-3-9)13-8-5-14(11,12)4-7(8)10/h6-10H,2-5H2,1H3. The van der Waals surface area contributed by atoms with Crippen molar-refractivity contribution in [1.29, 1.82) is 0 Å². The quantitative estimate of drug-likeness (QED) is 0.702. The van der Waals surface area contributed by atoms with Gasteiger partial charge in [-0.15, -0.1) is 0 Å². The van der Waals surface area contributed by atoms with E-state index in [1.165, 1.54) is 11.8 Å². The van der Waals surface area contributed by atoms with Crippen LogP contribution in [0, 0.1) is 0 Å². The normalized spacial score (nSPS) is 33.1. The Bertz CT molecular complexity index is 275. The van der Waals surface area contributed by atoms with Crippen molar-refractivity contribution in [1.82, 2.24) is 0 Å². The molecule has 6 heteroatoms. The fourth-order valence-electron chi connectivity index (χ4n) is 1.48. The predicted octanol–water partition coefficient (Wildman–Crippen LogP) is -0.352. The SMILES string of the molecule is CC(CCO)SC1CS(=O)(=O)CC1O. The second-order valence-electron chi connectivity index (χ2n) is 3.64. The molecular weight excluding hydrogens is 224 g/mol. The van der Waals surface area contributed by atoms with Crippen LogP contribution >= 0.6 is 11.8 Å². The highest BCUT2D eigenvalue weighted by molar-refractivity contribution is 8.02. The van der Waals surface area contributed by atoms with Crippen LogP contribution in [0.25, 0.3) is 0 Å². The average molecular weight is 240 g/mol. The van der Waals surface area contributed by atoms with E-state index in [0.717, 1.165) is 0 Å². The minimum absolute atomic E-state index is 0.0641. The summed E-state index contributed by atoms with van der Waals surface area (Å²) < 4.78 is 22.3. The summed E-state index contributed by atoms with van der Waals surface area (Å²) in [6, 6.07) is 0. The van der Waals surface area contributed by atoms with E-state index in [1.54, 1.807) is 0 Å². The topological polar surface area (TPSA) is 74.6 Å². The second-order valence-corrected chi connectivity index (χ2v) is 7.48. The summed E-state index contributed by atoms with van der Waals surface area (Å²) in [5, 5.41) is 18.1. The van der Waals surface area contributed by atoms with Gasteiger partial charge in [-0.05, 0) is 6.42 Å². The lowest BCUT2D eigenvalue weighted by Gasteiger charge is -2.16. The third-order valence-electron chi connectivity index (χ3n) is 2.21. The van der Waals surface area contributed by atoms with E-state index in [9.17, 15) is 13.5 Å². The molecule has 1 aliphatic heterocycles. The number of rotatable bonds is 4. The molecule has 1 rings (SSSR count). The van der Waals surface area contributed by atoms with Crippen LogP contribution in [0.2, 0.25) is 0 Å². The molecule has 3 unspecified atom stereocenters. The number of thioether (sulfide) groups is 1. The van der Waals surface area contributed by atoms with E-state index in [0.29, 0.717) is 6.42 Å². The maximum atomic E-state index is 11.2. The zero-order valence-electron chi connectivity index (χ0n) is 8.09. The summed E-state index contributed by atoms with van der Waals surface area (Å²) >= 11 is 1.45. The highest BCUT2D eigenvalue weighted by atomic mass is 32.2. The van der Waals surface area contributed by atoms with E-state index in [2.05, 4.69) is 0 Å². The van der Waals surface area contributed by atoms with Crippen molar-refractivity contribution in [2.24, 2.45) is 0 Å². The van der Waals surface area contributed by atoms with Gasteiger partial charge in [0.2, 0.25) is 0 Å². The van der Waals surface area contributed by atoms with E-state index in [-0.39, 0.29) is 28.6 Å². The van der Waals surface area contributed by atoms with Crippen LogP contribution in [0.15, 0.2) is 0 Å². The zero-order chi connectivity index (χ0) is 10.8. The van der Waals surface area contributed by atoms with Crippen molar-refractivity contribution >= 4 is 21.6 Å². The van der Waals surface area contributed by atoms with Gasteiger partial charge in [-0.1, -0.05) is 6.92 Å². The second kappa shape index (κ2) is 4.83. The number of hydrogen-bond acceptors (Lipinski definition) is 5. The summed E-state index contributed by atoms with van der Waals surface area (Å²) in [5.74, 6) is -0.0505. The van der Waals surface area contributed by atoms with Crippen molar-refractivity contribution < 1.29 is 18.6 Å². The lowest BCUT2D eigenvalue weighted by Crippen LogP contribution is -2.22. The van der Waals surface area contributed by atoms with Crippen LogP contribution < -0.4 is 0 Å². The Balaban J connectivity index is 2.46. The first-order valence-corrected chi connectivity index (χ1v) is 7.36. The lowest BCUT2D eigenvalue weighted by atomic mass is 10.3. The summed E-state index contributed by atoms with van der Waals surface area (Å²) in [7, 11) is -3.04. The van der Waals surface area contributed by atoms with Gasteiger partial charge in [-0.25, -0.2) is 8.42 Å². The summed E-state index contributed by atoms with van der Waals surface area (Å²) in [6.07, 6.45) is -0.111. The molecule has 1 fully saturated rings. The molecule has 4 nitrogen and oxygen atoms in total.